The van der Waals surface area contributed by atoms with E-state index in [2.05, 4.69) is 4.90 Å². The molecule has 3 aliphatic heterocycles. The van der Waals surface area contributed by atoms with Gasteiger partial charge in [-0.05, 0) is 0 Å². The van der Waals surface area contributed by atoms with Crippen LogP contribution in [-0.4, -0.2) is 67.4 Å². The van der Waals surface area contributed by atoms with E-state index in [1.807, 2.05) is 0 Å². The Labute approximate surface area is 75.9 Å². The van der Waals surface area contributed by atoms with E-state index >= 15 is 0 Å². The molecule has 0 aromatic heterocycles. The summed E-state index contributed by atoms with van der Waals surface area (Å²) < 4.78 is 16.4. The Bertz CT molecular complexity index is 99.2. The second kappa shape index (κ2) is 4.10. The summed E-state index contributed by atoms with van der Waals surface area (Å²) in [6.07, 6.45) is 0. The van der Waals surface area contributed by atoms with E-state index in [-0.39, 0.29) is 0 Å². The second-order valence-electron chi connectivity index (χ2n) is 2.56. The topological polar surface area (TPSA) is 30.9 Å². The van der Waals surface area contributed by atoms with E-state index in [1.165, 1.54) is 0 Å². The van der Waals surface area contributed by atoms with Crippen LogP contribution in [0.15, 0.2) is 0 Å². The van der Waals surface area contributed by atoms with E-state index in [0.29, 0.717) is 0 Å². The summed E-state index contributed by atoms with van der Waals surface area (Å²) in [7, 11) is 0. The van der Waals surface area contributed by atoms with Gasteiger partial charge in [-0.1, -0.05) is 0 Å². The van der Waals surface area contributed by atoms with E-state index in [1.54, 1.807) is 0 Å². The van der Waals surface area contributed by atoms with Gasteiger partial charge < -0.3 is 0 Å². The monoisotopic (exact) mass is 355 g/mol. The molecule has 3 heterocycles. The summed E-state index contributed by atoms with van der Waals surface area (Å²) >= 11 is -2.29. The van der Waals surface area contributed by atoms with Crippen LogP contribution in [0.3, 0.4) is 0 Å². The molecule has 0 amide bonds. The van der Waals surface area contributed by atoms with Crippen molar-refractivity contribution in [2.75, 3.05) is 39.5 Å². The zero-order chi connectivity index (χ0) is 7.52. The summed E-state index contributed by atoms with van der Waals surface area (Å²) in [4.78, 5) is 2.32. The van der Waals surface area contributed by atoms with Crippen LogP contribution in [0.2, 0.25) is 0 Å². The Balaban J connectivity index is 1.96. The number of fused-ring (bicyclic) bond motifs is 6. The van der Waals surface area contributed by atoms with Gasteiger partial charge in [-0.3, -0.25) is 0 Å². The van der Waals surface area contributed by atoms with Gasteiger partial charge in [0.05, 0.1) is 0 Å². The number of hydrogen-bond acceptors (Lipinski definition) is 4. The van der Waals surface area contributed by atoms with Crippen LogP contribution in [0.25, 0.3) is 0 Å². The first kappa shape index (κ1) is 8.33. The van der Waals surface area contributed by atoms with Crippen LogP contribution < -0.4 is 0 Å². The van der Waals surface area contributed by atoms with Gasteiger partial charge in [0.2, 0.25) is 0 Å². The van der Waals surface area contributed by atoms with Gasteiger partial charge in [-0.2, -0.15) is 0 Å². The molecular weight excluding hydrogens is 343 g/mol. The molecule has 0 atom stereocenters. The van der Waals surface area contributed by atoms with Crippen molar-refractivity contribution in [2.24, 2.45) is 0 Å². The Morgan fingerprint density at radius 3 is 1.73 bits per heavy atom. The molecule has 0 radical (unpaired) electrons. The third-order valence-corrected chi connectivity index (χ3v) is 6.40. The number of nitrogens with zero attached hydrogens (tertiary/aromatic N) is 1. The van der Waals surface area contributed by atoms with Crippen molar-refractivity contribution in [3.8, 4) is 0 Å². The standard InChI is InChI=1S/C6H12NO3.Bi/c8-4-1-7(2-5-9)3-6-10;/h1-6H2;/q-3;+3. The third-order valence-electron chi connectivity index (χ3n) is 1.81. The van der Waals surface area contributed by atoms with E-state index in [9.17, 15) is 0 Å². The molecule has 11 heavy (non-hydrogen) atoms. The first-order valence-corrected chi connectivity index (χ1v) is 8.12. The minimum atomic E-state index is -2.29. The zero-order valence-electron chi connectivity index (χ0n) is 6.36. The zero-order valence-corrected chi connectivity index (χ0v) is 9.84. The molecular formula is C6H12BiNO3. The van der Waals surface area contributed by atoms with Crippen LogP contribution >= 0.6 is 0 Å². The summed E-state index contributed by atoms with van der Waals surface area (Å²) in [5.74, 6) is 0. The van der Waals surface area contributed by atoms with Gasteiger partial charge >= 0.3 is 75.9 Å². The van der Waals surface area contributed by atoms with Gasteiger partial charge in [0.25, 0.3) is 0 Å². The Hall–Kier alpha value is 0.723. The molecule has 64 valence electrons. The second-order valence-corrected chi connectivity index (χ2v) is 7.31. The fourth-order valence-corrected chi connectivity index (χ4v) is 4.74. The molecule has 3 fully saturated rings. The van der Waals surface area contributed by atoms with Crippen LogP contribution in [0.5, 0.6) is 0 Å². The molecule has 3 saturated heterocycles. The van der Waals surface area contributed by atoms with Crippen molar-refractivity contribution in [1.82, 2.24) is 4.90 Å². The van der Waals surface area contributed by atoms with Crippen molar-refractivity contribution >= 4 is 23.1 Å². The Kier molecular flexibility index (Phi) is 3.10. The molecule has 0 aliphatic carbocycles. The van der Waals surface area contributed by atoms with Crippen LogP contribution in [0.4, 0.5) is 0 Å². The summed E-state index contributed by atoms with van der Waals surface area (Å²) in [5, 5.41) is 0. The molecule has 0 saturated carbocycles. The predicted molar refractivity (Wildman–Crippen MR) is 40.1 cm³/mol. The molecule has 3 rings (SSSR count). The van der Waals surface area contributed by atoms with Crippen molar-refractivity contribution in [1.29, 1.82) is 0 Å². The molecule has 2 bridgehead atoms. The molecule has 0 spiro atoms. The third kappa shape index (κ3) is 2.33. The predicted octanol–water partition coefficient (Wildman–Crippen LogP) is -0.650. The quantitative estimate of drug-likeness (QED) is 0.541. The average Bonchev–Trinajstić information content (AvgIpc) is 1.80. The summed E-state index contributed by atoms with van der Waals surface area (Å²) in [6.45, 7) is 5.57. The molecule has 5 heteroatoms. The fourth-order valence-electron chi connectivity index (χ4n) is 1.18. The van der Waals surface area contributed by atoms with E-state index < -0.39 is 23.1 Å². The molecule has 3 aliphatic rings. The Morgan fingerprint density at radius 1 is 0.818 bits per heavy atom. The van der Waals surface area contributed by atoms with Crippen molar-refractivity contribution in [3.05, 3.63) is 0 Å². The van der Waals surface area contributed by atoms with Crippen LogP contribution in [0, 0.1) is 0 Å². The first-order chi connectivity index (χ1) is 5.45. The summed E-state index contributed by atoms with van der Waals surface area (Å²) in [6, 6.07) is 0. The normalized spacial score (nSPS) is 29.5. The average molecular weight is 355 g/mol. The van der Waals surface area contributed by atoms with E-state index in [4.69, 9.17) is 8.44 Å². The SMILES string of the molecule is C1CN2CC[O][Bi]([O]1)[O]CC2. The fraction of sp³-hybridized carbons (Fsp3) is 1.00. The van der Waals surface area contributed by atoms with Gasteiger partial charge in [0.15, 0.2) is 0 Å². The molecule has 0 aromatic rings. The molecule has 0 N–H and O–H groups in total. The van der Waals surface area contributed by atoms with Gasteiger partial charge in [0.1, 0.15) is 0 Å². The van der Waals surface area contributed by atoms with Crippen molar-refractivity contribution in [3.63, 3.8) is 0 Å². The van der Waals surface area contributed by atoms with Gasteiger partial charge in [0, 0.05) is 0 Å². The van der Waals surface area contributed by atoms with Crippen molar-refractivity contribution in [2.45, 2.75) is 0 Å². The first-order valence-electron chi connectivity index (χ1n) is 3.86. The maximum atomic E-state index is 5.47. The van der Waals surface area contributed by atoms with E-state index in [0.717, 1.165) is 39.5 Å². The molecule has 0 unspecified atom stereocenters. The van der Waals surface area contributed by atoms with Crippen molar-refractivity contribution < 1.29 is 8.44 Å². The number of hydrogen-bond donors (Lipinski definition) is 0. The maximum absolute atomic E-state index is 5.47. The Morgan fingerprint density at radius 2 is 1.27 bits per heavy atom. The van der Waals surface area contributed by atoms with Gasteiger partial charge in [-0.25, -0.2) is 0 Å². The van der Waals surface area contributed by atoms with Crippen LogP contribution in [0.1, 0.15) is 0 Å². The minimum absolute atomic E-state index is 0.803. The molecule has 0 aromatic carbocycles. The summed E-state index contributed by atoms with van der Waals surface area (Å²) in [5.41, 5.74) is 0. The number of rotatable bonds is 0. The molecule has 4 nitrogen and oxygen atoms in total. The van der Waals surface area contributed by atoms with Crippen LogP contribution in [-0.2, 0) is 8.44 Å². The van der Waals surface area contributed by atoms with Gasteiger partial charge in [-0.15, -0.1) is 0 Å².